The van der Waals surface area contributed by atoms with Crippen LogP contribution in [0.5, 0.6) is 17.2 Å². The highest BCUT2D eigenvalue weighted by molar-refractivity contribution is 6.31. The molecule has 0 aromatic heterocycles. The normalized spacial score (nSPS) is 12.9. The lowest BCUT2D eigenvalue weighted by molar-refractivity contribution is -0.132. The minimum Gasteiger partial charge on any atom is -0.490 e. The van der Waals surface area contributed by atoms with E-state index in [4.69, 9.17) is 25.8 Å². The van der Waals surface area contributed by atoms with Crippen LogP contribution in [0.25, 0.3) is 0 Å². The Balaban J connectivity index is 1.37. The third-order valence-corrected chi connectivity index (χ3v) is 6.30. The third-order valence-electron chi connectivity index (χ3n) is 5.93. The van der Waals surface area contributed by atoms with Crippen LogP contribution in [0.1, 0.15) is 41.3 Å². The molecule has 1 aliphatic heterocycles. The van der Waals surface area contributed by atoms with Crippen LogP contribution in [0.2, 0.25) is 5.02 Å². The first kappa shape index (κ1) is 27.0. The first-order chi connectivity index (χ1) is 18.5. The molecule has 0 saturated carbocycles. The van der Waals surface area contributed by atoms with Crippen molar-refractivity contribution in [1.29, 1.82) is 0 Å². The van der Waals surface area contributed by atoms with Gasteiger partial charge in [-0.1, -0.05) is 41.9 Å². The van der Waals surface area contributed by atoms with Gasteiger partial charge in [0.25, 0.3) is 11.8 Å². The average Bonchev–Trinajstić information content (AvgIpc) is 3.48. The lowest BCUT2D eigenvalue weighted by Gasteiger charge is -2.17. The molecule has 1 heterocycles. The highest BCUT2D eigenvalue weighted by Gasteiger charge is 2.19. The van der Waals surface area contributed by atoms with E-state index < -0.39 is 5.91 Å². The molecular weight excluding hydrogens is 506 g/mol. The summed E-state index contributed by atoms with van der Waals surface area (Å²) < 4.78 is 17.3. The molecule has 1 aliphatic rings. The van der Waals surface area contributed by atoms with Gasteiger partial charge in [-0.05, 0) is 61.7 Å². The van der Waals surface area contributed by atoms with Crippen LogP contribution in [0.4, 0.5) is 0 Å². The predicted molar refractivity (Wildman–Crippen MR) is 146 cm³/mol. The molecule has 38 heavy (non-hydrogen) atoms. The SMILES string of the molecule is CCOc1cc(/C=N\NC(=O)c2ccccc2OCc2ccccc2Cl)ccc1OCC(=O)N1CCCC1. The summed E-state index contributed by atoms with van der Waals surface area (Å²) in [4.78, 5) is 26.9. The second-order valence-corrected chi connectivity index (χ2v) is 9.00. The maximum Gasteiger partial charge on any atom is 0.275 e. The fourth-order valence-electron chi connectivity index (χ4n) is 3.97. The summed E-state index contributed by atoms with van der Waals surface area (Å²) in [5.41, 5.74) is 4.39. The summed E-state index contributed by atoms with van der Waals surface area (Å²) in [6, 6.07) is 19.5. The summed E-state index contributed by atoms with van der Waals surface area (Å²) in [5.74, 6) is 0.945. The molecule has 2 amide bonds. The number of rotatable bonds is 11. The lowest BCUT2D eigenvalue weighted by Crippen LogP contribution is -2.32. The standard InChI is InChI=1S/C29H30ClN3O5/c1-2-36-27-17-21(13-14-26(27)38-20-28(34)33-15-7-8-16-33)18-31-32-29(35)23-10-4-6-12-25(23)37-19-22-9-3-5-11-24(22)30/h3-6,9-14,17-18H,2,7-8,15-16,19-20H2,1H3,(H,32,35)/b31-18-. The summed E-state index contributed by atoms with van der Waals surface area (Å²) in [6.07, 6.45) is 3.57. The van der Waals surface area contributed by atoms with Crippen molar-refractivity contribution in [3.05, 3.63) is 88.4 Å². The zero-order valence-corrected chi connectivity index (χ0v) is 21.9. The number of para-hydroxylation sites is 1. The fraction of sp³-hybridized carbons (Fsp3) is 0.276. The minimum atomic E-state index is -0.415. The highest BCUT2D eigenvalue weighted by atomic mass is 35.5. The highest BCUT2D eigenvalue weighted by Crippen LogP contribution is 2.28. The molecule has 198 valence electrons. The Hall–Kier alpha value is -4.04. The number of hydrazone groups is 1. The van der Waals surface area contributed by atoms with E-state index in [9.17, 15) is 9.59 Å². The zero-order chi connectivity index (χ0) is 26.7. The van der Waals surface area contributed by atoms with E-state index in [1.54, 1.807) is 48.5 Å². The Kier molecular flexibility index (Phi) is 9.59. The number of hydrogen-bond donors (Lipinski definition) is 1. The van der Waals surface area contributed by atoms with E-state index in [2.05, 4.69) is 10.5 Å². The van der Waals surface area contributed by atoms with Crippen molar-refractivity contribution in [3.63, 3.8) is 0 Å². The quantitative estimate of drug-likeness (QED) is 0.273. The molecule has 9 heteroatoms. The van der Waals surface area contributed by atoms with Crippen molar-refractivity contribution in [2.24, 2.45) is 5.10 Å². The van der Waals surface area contributed by atoms with Crippen LogP contribution in [-0.2, 0) is 11.4 Å². The van der Waals surface area contributed by atoms with Crippen molar-refractivity contribution in [1.82, 2.24) is 10.3 Å². The molecule has 0 bridgehead atoms. The molecule has 3 aromatic rings. The number of hydrogen-bond acceptors (Lipinski definition) is 6. The molecular formula is C29H30ClN3O5. The molecule has 1 fully saturated rings. The van der Waals surface area contributed by atoms with Crippen LogP contribution < -0.4 is 19.6 Å². The maximum absolute atomic E-state index is 12.8. The van der Waals surface area contributed by atoms with Gasteiger partial charge in [-0.25, -0.2) is 5.43 Å². The molecule has 8 nitrogen and oxygen atoms in total. The summed E-state index contributed by atoms with van der Waals surface area (Å²) in [7, 11) is 0. The topological polar surface area (TPSA) is 89.5 Å². The Morgan fingerprint density at radius 1 is 0.947 bits per heavy atom. The van der Waals surface area contributed by atoms with Gasteiger partial charge in [-0.15, -0.1) is 0 Å². The van der Waals surface area contributed by atoms with Gasteiger partial charge >= 0.3 is 0 Å². The Bertz CT molecular complexity index is 1290. The van der Waals surface area contributed by atoms with Crippen molar-refractivity contribution < 1.29 is 23.8 Å². The van der Waals surface area contributed by atoms with Crippen molar-refractivity contribution in [2.75, 3.05) is 26.3 Å². The number of carbonyl (C=O) groups is 2. The second kappa shape index (κ2) is 13.5. The minimum absolute atomic E-state index is 0.0329. The van der Waals surface area contributed by atoms with Crippen molar-refractivity contribution >= 4 is 29.6 Å². The molecule has 1 saturated heterocycles. The van der Waals surface area contributed by atoms with Gasteiger partial charge in [-0.2, -0.15) is 5.10 Å². The smallest absolute Gasteiger partial charge is 0.275 e. The van der Waals surface area contributed by atoms with E-state index >= 15 is 0 Å². The third kappa shape index (κ3) is 7.26. The summed E-state index contributed by atoms with van der Waals surface area (Å²) >= 11 is 6.21. The van der Waals surface area contributed by atoms with Crippen molar-refractivity contribution in [2.45, 2.75) is 26.4 Å². The molecule has 3 aromatic carbocycles. The second-order valence-electron chi connectivity index (χ2n) is 8.59. The molecule has 0 radical (unpaired) electrons. The molecule has 0 spiro atoms. The van der Waals surface area contributed by atoms with Crippen LogP contribution in [-0.4, -0.2) is 49.2 Å². The zero-order valence-electron chi connectivity index (χ0n) is 21.2. The Labute approximate surface area is 227 Å². The van der Waals surface area contributed by atoms with E-state index in [1.807, 2.05) is 30.0 Å². The number of halogens is 1. The Morgan fingerprint density at radius 3 is 2.50 bits per heavy atom. The number of benzene rings is 3. The number of nitrogens with zero attached hydrogens (tertiary/aromatic N) is 2. The Morgan fingerprint density at radius 2 is 1.71 bits per heavy atom. The van der Waals surface area contributed by atoms with Crippen LogP contribution >= 0.6 is 11.6 Å². The fourth-order valence-corrected chi connectivity index (χ4v) is 4.16. The van der Waals surface area contributed by atoms with Crippen LogP contribution in [0.3, 0.4) is 0 Å². The predicted octanol–water partition coefficient (Wildman–Crippen LogP) is 5.08. The molecule has 4 rings (SSSR count). The molecule has 0 unspecified atom stereocenters. The molecule has 0 atom stereocenters. The number of likely N-dealkylation sites (tertiary alicyclic amines) is 1. The lowest BCUT2D eigenvalue weighted by atomic mass is 10.2. The van der Waals surface area contributed by atoms with Gasteiger partial charge in [0, 0.05) is 23.7 Å². The number of carbonyl (C=O) groups excluding carboxylic acids is 2. The van der Waals surface area contributed by atoms with E-state index in [-0.39, 0.29) is 19.1 Å². The van der Waals surface area contributed by atoms with Gasteiger partial charge < -0.3 is 19.1 Å². The molecule has 1 N–H and O–H groups in total. The largest absolute Gasteiger partial charge is 0.490 e. The van der Waals surface area contributed by atoms with Gasteiger partial charge in [0.05, 0.1) is 18.4 Å². The number of nitrogens with one attached hydrogen (secondary N) is 1. The number of ether oxygens (including phenoxy) is 3. The first-order valence-electron chi connectivity index (χ1n) is 12.5. The van der Waals surface area contributed by atoms with E-state index in [0.29, 0.717) is 40.0 Å². The van der Waals surface area contributed by atoms with Gasteiger partial charge in [-0.3, -0.25) is 9.59 Å². The van der Waals surface area contributed by atoms with E-state index in [0.717, 1.165) is 31.5 Å². The molecule has 0 aliphatic carbocycles. The van der Waals surface area contributed by atoms with E-state index in [1.165, 1.54) is 6.21 Å². The van der Waals surface area contributed by atoms with Crippen molar-refractivity contribution in [3.8, 4) is 17.2 Å². The van der Waals surface area contributed by atoms with Crippen LogP contribution in [0.15, 0.2) is 71.8 Å². The van der Waals surface area contributed by atoms with Gasteiger partial charge in [0.1, 0.15) is 12.4 Å². The summed E-state index contributed by atoms with van der Waals surface area (Å²) in [6.45, 7) is 4.04. The first-order valence-corrected chi connectivity index (χ1v) is 12.9. The van der Waals surface area contributed by atoms with Gasteiger partial charge in [0.2, 0.25) is 0 Å². The van der Waals surface area contributed by atoms with Crippen LogP contribution in [0, 0.1) is 0 Å². The monoisotopic (exact) mass is 535 g/mol. The number of amides is 2. The maximum atomic E-state index is 12.8. The van der Waals surface area contributed by atoms with Gasteiger partial charge in [0.15, 0.2) is 18.1 Å². The average molecular weight is 536 g/mol. The summed E-state index contributed by atoms with van der Waals surface area (Å²) in [5, 5.41) is 4.69.